The summed E-state index contributed by atoms with van der Waals surface area (Å²) in [5.41, 5.74) is 0.789. The average Bonchev–Trinajstić information content (AvgIpc) is 2.54. The van der Waals surface area contributed by atoms with Crippen molar-refractivity contribution in [3.63, 3.8) is 0 Å². The molecule has 8 nitrogen and oxygen atoms in total. The van der Waals surface area contributed by atoms with Crippen molar-refractivity contribution in [2.24, 2.45) is 0 Å². The van der Waals surface area contributed by atoms with E-state index in [9.17, 15) is 14.4 Å². The molecule has 0 aromatic heterocycles. The molecule has 148 valence electrons. The number of carbonyl (C=O) groups is 3. The molecule has 0 radical (unpaired) electrons. The summed E-state index contributed by atoms with van der Waals surface area (Å²) < 4.78 is 21.5. The van der Waals surface area contributed by atoms with Gasteiger partial charge in [-0.3, -0.25) is 14.4 Å². The third-order valence-corrected chi connectivity index (χ3v) is 3.85. The first-order chi connectivity index (χ1) is 12.2. The van der Waals surface area contributed by atoms with Gasteiger partial charge in [0.1, 0.15) is 12.7 Å². The Bertz CT molecular complexity index is 520. The minimum atomic E-state index is -0.902. The van der Waals surface area contributed by atoms with Gasteiger partial charge in [-0.1, -0.05) is 19.9 Å². The molecule has 8 heteroatoms. The molecular weight excluding hydrogens is 342 g/mol. The Labute approximate surface area is 154 Å². The van der Waals surface area contributed by atoms with E-state index in [0.29, 0.717) is 0 Å². The highest BCUT2D eigenvalue weighted by molar-refractivity contribution is 5.67. The maximum Gasteiger partial charge on any atom is 0.303 e. The summed E-state index contributed by atoms with van der Waals surface area (Å²) in [4.78, 5) is 34.2. The molecule has 1 rings (SSSR count). The van der Waals surface area contributed by atoms with Gasteiger partial charge in [-0.05, 0) is 12.8 Å². The Kier molecular flexibility index (Phi) is 9.12. The van der Waals surface area contributed by atoms with E-state index in [-0.39, 0.29) is 13.2 Å². The predicted molar refractivity (Wildman–Crippen MR) is 93.1 cm³/mol. The van der Waals surface area contributed by atoms with Crippen LogP contribution in [0.1, 0.15) is 47.0 Å². The molecule has 1 aliphatic heterocycles. The van der Waals surface area contributed by atoms with Crippen LogP contribution in [0.5, 0.6) is 0 Å². The number of rotatable bonds is 9. The van der Waals surface area contributed by atoms with E-state index >= 15 is 0 Å². The highest BCUT2D eigenvalue weighted by Crippen LogP contribution is 2.24. The highest BCUT2D eigenvalue weighted by atomic mass is 16.6. The zero-order chi connectivity index (χ0) is 19.7. The molecule has 1 fully saturated rings. The van der Waals surface area contributed by atoms with E-state index in [2.05, 4.69) is 18.8 Å². The first-order valence-electron chi connectivity index (χ1n) is 8.78. The van der Waals surface area contributed by atoms with Crippen molar-refractivity contribution in [1.82, 2.24) is 5.32 Å². The maximum atomic E-state index is 11.6. The SMILES string of the molecule is C=C(CCCC)NC1COC(COC(C)=O)[C@H](OC(C)=O)C1OC(C)=O. The molecule has 26 heavy (non-hydrogen) atoms. The zero-order valence-corrected chi connectivity index (χ0v) is 15.9. The van der Waals surface area contributed by atoms with Gasteiger partial charge < -0.3 is 24.3 Å². The van der Waals surface area contributed by atoms with Gasteiger partial charge in [-0.15, -0.1) is 0 Å². The molecule has 0 aromatic rings. The molecule has 0 bridgehead atoms. The molecule has 1 saturated heterocycles. The lowest BCUT2D eigenvalue weighted by molar-refractivity contribution is -0.206. The Balaban J connectivity index is 2.94. The molecule has 0 aromatic carbocycles. The predicted octanol–water partition coefficient (Wildman–Crippen LogP) is 1.47. The second-order valence-electron chi connectivity index (χ2n) is 6.28. The van der Waals surface area contributed by atoms with Crippen molar-refractivity contribution in [3.8, 4) is 0 Å². The number of unbranched alkanes of at least 4 members (excludes halogenated alkanes) is 1. The van der Waals surface area contributed by atoms with Gasteiger partial charge >= 0.3 is 17.9 Å². The number of nitrogens with one attached hydrogen (secondary N) is 1. The van der Waals surface area contributed by atoms with Crippen LogP contribution in [-0.4, -0.2) is 55.5 Å². The standard InChI is InChI=1S/C18H29NO7/c1-6-7-8-11(2)19-15-9-24-16(10-23-12(3)20)18(26-14(5)22)17(15)25-13(4)21/h15-19H,2,6-10H2,1,3-5H3/t15?,16?,17?,18-/m0/s1. The Morgan fingerprint density at radius 3 is 2.23 bits per heavy atom. The van der Waals surface area contributed by atoms with Crippen molar-refractivity contribution >= 4 is 17.9 Å². The fourth-order valence-electron chi connectivity index (χ4n) is 2.72. The Morgan fingerprint density at radius 1 is 1.08 bits per heavy atom. The molecule has 4 atom stereocenters. The molecule has 0 saturated carbocycles. The monoisotopic (exact) mass is 371 g/mol. The quantitative estimate of drug-likeness (QED) is 0.480. The van der Waals surface area contributed by atoms with Crippen LogP contribution in [0.15, 0.2) is 12.3 Å². The minimum absolute atomic E-state index is 0.103. The van der Waals surface area contributed by atoms with E-state index in [1.54, 1.807) is 0 Å². The lowest BCUT2D eigenvalue weighted by atomic mass is 9.97. The second kappa shape index (κ2) is 10.8. The summed E-state index contributed by atoms with van der Waals surface area (Å²) in [5.74, 6) is -1.53. The van der Waals surface area contributed by atoms with Crippen LogP contribution in [0.25, 0.3) is 0 Å². The summed E-state index contributed by atoms with van der Waals surface area (Å²) in [6.45, 7) is 9.95. The van der Waals surface area contributed by atoms with Crippen molar-refractivity contribution in [1.29, 1.82) is 0 Å². The van der Waals surface area contributed by atoms with Gasteiger partial charge in [-0.2, -0.15) is 0 Å². The van der Waals surface area contributed by atoms with Crippen molar-refractivity contribution < 1.29 is 33.3 Å². The molecule has 0 aliphatic carbocycles. The van der Waals surface area contributed by atoms with Crippen LogP contribution in [0.2, 0.25) is 0 Å². The van der Waals surface area contributed by atoms with Crippen LogP contribution < -0.4 is 5.32 Å². The van der Waals surface area contributed by atoms with E-state index < -0.39 is 42.3 Å². The Hall–Kier alpha value is -2.09. The zero-order valence-electron chi connectivity index (χ0n) is 15.9. The number of esters is 3. The van der Waals surface area contributed by atoms with E-state index in [1.165, 1.54) is 20.8 Å². The fourth-order valence-corrected chi connectivity index (χ4v) is 2.72. The number of hydrogen-bond donors (Lipinski definition) is 1. The largest absolute Gasteiger partial charge is 0.463 e. The lowest BCUT2D eigenvalue weighted by Crippen LogP contribution is -2.61. The van der Waals surface area contributed by atoms with E-state index in [1.807, 2.05) is 0 Å². The molecule has 3 unspecified atom stereocenters. The van der Waals surface area contributed by atoms with Gasteiger partial charge in [0.25, 0.3) is 0 Å². The van der Waals surface area contributed by atoms with Gasteiger partial charge in [0.15, 0.2) is 12.2 Å². The number of allylic oxidation sites excluding steroid dienone is 1. The third-order valence-electron chi connectivity index (χ3n) is 3.85. The van der Waals surface area contributed by atoms with E-state index in [0.717, 1.165) is 25.0 Å². The lowest BCUT2D eigenvalue weighted by Gasteiger charge is -2.41. The van der Waals surface area contributed by atoms with Gasteiger partial charge in [-0.25, -0.2) is 0 Å². The van der Waals surface area contributed by atoms with Gasteiger partial charge in [0.05, 0.1) is 12.6 Å². The normalized spacial score (nSPS) is 25.1. The summed E-state index contributed by atoms with van der Waals surface area (Å²) in [5, 5.41) is 3.20. The third kappa shape index (κ3) is 7.43. The van der Waals surface area contributed by atoms with Gasteiger partial charge in [0.2, 0.25) is 0 Å². The molecule has 1 N–H and O–H groups in total. The molecular formula is C18H29NO7. The van der Waals surface area contributed by atoms with Crippen molar-refractivity contribution in [2.75, 3.05) is 13.2 Å². The van der Waals surface area contributed by atoms with Crippen LogP contribution in [0.4, 0.5) is 0 Å². The second-order valence-corrected chi connectivity index (χ2v) is 6.28. The first-order valence-corrected chi connectivity index (χ1v) is 8.78. The van der Waals surface area contributed by atoms with Gasteiger partial charge in [0, 0.05) is 26.5 Å². The van der Waals surface area contributed by atoms with Crippen LogP contribution >= 0.6 is 0 Å². The van der Waals surface area contributed by atoms with Crippen molar-refractivity contribution in [2.45, 2.75) is 71.3 Å². The number of ether oxygens (including phenoxy) is 4. The summed E-state index contributed by atoms with van der Waals surface area (Å²) >= 11 is 0. The molecule has 1 aliphatic rings. The van der Waals surface area contributed by atoms with Crippen LogP contribution in [0, 0.1) is 0 Å². The fraction of sp³-hybridized carbons (Fsp3) is 0.722. The topological polar surface area (TPSA) is 100 Å². The maximum absolute atomic E-state index is 11.6. The average molecular weight is 371 g/mol. The number of hydrogen-bond acceptors (Lipinski definition) is 8. The van der Waals surface area contributed by atoms with Crippen molar-refractivity contribution in [3.05, 3.63) is 12.3 Å². The number of carbonyl (C=O) groups excluding carboxylic acids is 3. The van der Waals surface area contributed by atoms with E-state index in [4.69, 9.17) is 18.9 Å². The first kappa shape index (κ1) is 22.0. The molecule has 1 heterocycles. The Morgan fingerprint density at radius 2 is 1.69 bits per heavy atom. The van der Waals surface area contributed by atoms with Crippen LogP contribution in [-0.2, 0) is 33.3 Å². The minimum Gasteiger partial charge on any atom is -0.463 e. The smallest absolute Gasteiger partial charge is 0.303 e. The summed E-state index contributed by atoms with van der Waals surface area (Å²) in [6, 6.07) is -0.429. The molecule has 0 amide bonds. The van der Waals surface area contributed by atoms with Crippen LogP contribution in [0.3, 0.4) is 0 Å². The highest BCUT2D eigenvalue weighted by Gasteiger charge is 2.45. The summed E-state index contributed by atoms with van der Waals surface area (Å²) in [6.07, 6.45) is 0.351. The molecule has 0 spiro atoms. The summed E-state index contributed by atoms with van der Waals surface area (Å²) in [7, 11) is 0.